The first kappa shape index (κ1) is 19.1. The standard InChI is InChI=1S/C26H30N4/c1-5-20-18(3)26(4,6-2)25-29(19-12-8-7-9-13-19)24-23(16-27-17-28-24)30(25)22-15-11-10-14-21(20)22/h7-18,20,25H,5-6H2,1-4H3. The van der Waals surface area contributed by atoms with Crippen LogP contribution < -0.4 is 9.80 Å². The maximum atomic E-state index is 4.78. The molecule has 5 rings (SSSR count). The van der Waals surface area contributed by atoms with Crippen molar-refractivity contribution in [3.8, 4) is 0 Å². The molecule has 0 saturated heterocycles. The van der Waals surface area contributed by atoms with Gasteiger partial charge in [0.05, 0.1) is 6.20 Å². The highest BCUT2D eigenvalue weighted by Gasteiger charge is 2.54. The number of para-hydroxylation sites is 2. The summed E-state index contributed by atoms with van der Waals surface area (Å²) in [6, 6.07) is 19.7. The highest BCUT2D eigenvalue weighted by atomic mass is 15.5. The van der Waals surface area contributed by atoms with Gasteiger partial charge in [0.2, 0.25) is 0 Å². The minimum Gasteiger partial charge on any atom is -0.315 e. The van der Waals surface area contributed by atoms with Gasteiger partial charge in [-0.1, -0.05) is 64.1 Å². The van der Waals surface area contributed by atoms with E-state index in [0.717, 1.165) is 24.3 Å². The van der Waals surface area contributed by atoms with Crippen LogP contribution >= 0.6 is 0 Å². The lowest BCUT2D eigenvalue weighted by Crippen LogP contribution is -2.52. The van der Waals surface area contributed by atoms with Crippen LogP contribution in [0.5, 0.6) is 0 Å². The first-order valence-corrected chi connectivity index (χ1v) is 11.1. The van der Waals surface area contributed by atoms with Crippen LogP contribution in [-0.2, 0) is 0 Å². The smallest absolute Gasteiger partial charge is 0.162 e. The van der Waals surface area contributed by atoms with Crippen molar-refractivity contribution in [1.29, 1.82) is 0 Å². The highest BCUT2D eigenvalue weighted by Crippen LogP contribution is 2.59. The molecular formula is C26H30N4. The second-order valence-electron chi connectivity index (χ2n) is 8.90. The van der Waals surface area contributed by atoms with Gasteiger partial charge in [-0.05, 0) is 48.4 Å². The SMILES string of the molecule is CCC1c2ccccc2N2c3cncnc3N(c3ccccc3)C2C(C)(CC)C1C. The Balaban J connectivity index is 1.84. The van der Waals surface area contributed by atoms with E-state index in [2.05, 4.69) is 97.1 Å². The third-order valence-corrected chi connectivity index (χ3v) is 7.71. The van der Waals surface area contributed by atoms with Crippen LogP contribution in [0.3, 0.4) is 0 Å². The van der Waals surface area contributed by atoms with Crippen molar-refractivity contribution in [3.63, 3.8) is 0 Å². The number of hydrogen-bond donors (Lipinski definition) is 0. The van der Waals surface area contributed by atoms with Crippen LogP contribution in [0.15, 0.2) is 67.1 Å². The first-order valence-electron chi connectivity index (χ1n) is 11.1. The van der Waals surface area contributed by atoms with Gasteiger partial charge in [-0.3, -0.25) is 0 Å². The molecule has 0 spiro atoms. The van der Waals surface area contributed by atoms with Crippen molar-refractivity contribution in [1.82, 2.24) is 9.97 Å². The van der Waals surface area contributed by atoms with Crippen molar-refractivity contribution in [2.75, 3.05) is 9.80 Å². The van der Waals surface area contributed by atoms with E-state index in [9.17, 15) is 0 Å². The van der Waals surface area contributed by atoms with Crippen LogP contribution in [0.25, 0.3) is 0 Å². The highest BCUT2D eigenvalue weighted by molar-refractivity contribution is 5.87. The average Bonchev–Trinajstić information content (AvgIpc) is 3.12. The number of nitrogens with zero attached hydrogens (tertiary/aromatic N) is 4. The van der Waals surface area contributed by atoms with Gasteiger partial charge in [0.15, 0.2) is 5.82 Å². The van der Waals surface area contributed by atoms with Crippen LogP contribution in [0.2, 0.25) is 0 Å². The second-order valence-corrected chi connectivity index (χ2v) is 8.90. The van der Waals surface area contributed by atoms with E-state index < -0.39 is 0 Å². The Kier molecular flexibility index (Phi) is 4.53. The fourth-order valence-corrected chi connectivity index (χ4v) is 5.80. The van der Waals surface area contributed by atoms with E-state index in [0.29, 0.717) is 11.8 Å². The second kappa shape index (κ2) is 7.12. The molecule has 3 aromatic rings. The van der Waals surface area contributed by atoms with Crippen LogP contribution in [0.1, 0.15) is 52.0 Å². The molecule has 2 aliphatic heterocycles. The topological polar surface area (TPSA) is 32.3 Å². The Morgan fingerprint density at radius 3 is 2.40 bits per heavy atom. The molecule has 0 saturated carbocycles. The number of aromatic nitrogens is 2. The van der Waals surface area contributed by atoms with Gasteiger partial charge < -0.3 is 9.80 Å². The predicted octanol–water partition coefficient (Wildman–Crippen LogP) is 6.65. The normalized spacial score (nSPS) is 27.3. The summed E-state index contributed by atoms with van der Waals surface area (Å²) >= 11 is 0. The molecule has 0 amide bonds. The maximum absolute atomic E-state index is 4.78. The van der Waals surface area contributed by atoms with E-state index in [1.54, 1.807) is 6.33 Å². The number of benzene rings is 2. The molecular weight excluding hydrogens is 368 g/mol. The summed E-state index contributed by atoms with van der Waals surface area (Å²) in [5, 5.41) is 0. The third kappa shape index (κ3) is 2.52. The van der Waals surface area contributed by atoms with E-state index in [1.165, 1.54) is 16.9 Å². The molecule has 30 heavy (non-hydrogen) atoms. The zero-order chi connectivity index (χ0) is 20.9. The quantitative estimate of drug-likeness (QED) is 0.494. The summed E-state index contributed by atoms with van der Waals surface area (Å²) < 4.78 is 0. The summed E-state index contributed by atoms with van der Waals surface area (Å²) in [4.78, 5) is 14.2. The minimum atomic E-state index is 0.0518. The van der Waals surface area contributed by atoms with Gasteiger partial charge in [-0.25, -0.2) is 9.97 Å². The van der Waals surface area contributed by atoms with Gasteiger partial charge in [0.1, 0.15) is 18.2 Å². The van der Waals surface area contributed by atoms with Crippen molar-refractivity contribution >= 4 is 22.9 Å². The Morgan fingerprint density at radius 1 is 0.933 bits per heavy atom. The zero-order valence-corrected chi connectivity index (χ0v) is 18.3. The molecule has 4 unspecified atom stereocenters. The molecule has 2 aliphatic rings. The third-order valence-electron chi connectivity index (χ3n) is 7.71. The minimum absolute atomic E-state index is 0.0518. The molecule has 0 N–H and O–H groups in total. The molecule has 0 fully saturated rings. The van der Waals surface area contributed by atoms with Gasteiger partial charge in [0, 0.05) is 16.8 Å². The maximum Gasteiger partial charge on any atom is 0.162 e. The Morgan fingerprint density at radius 2 is 1.67 bits per heavy atom. The van der Waals surface area contributed by atoms with Crippen LogP contribution in [0, 0.1) is 11.3 Å². The number of fused-ring (bicyclic) bond motifs is 5. The Bertz CT molecular complexity index is 1050. The summed E-state index contributed by atoms with van der Waals surface area (Å²) in [5.74, 6) is 2.03. The molecule has 4 atom stereocenters. The largest absolute Gasteiger partial charge is 0.315 e. The lowest BCUT2D eigenvalue weighted by molar-refractivity contribution is 0.131. The molecule has 4 heteroatoms. The van der Waals surface area contributed by atoms with E-state index in [4.69, 9.17) is 4.98 Å². The van der Waals surface area contributed by atoms with Crippen molar-refractivity contribution in [2.45, 2.75) is 52.6 Å². The molecule has 1 aromatic heterocycles. The molecule has 3 heterocycles. The molecule has 2 aromatic carbocycles. The summed E-state index contributed by atoms with van der Waals surface area (Å²) in [6.45, 7) is 9.60. The number of hydrogen-bond acceptors (Lipinski definition) is 4. The van der Waals surface area contributed by atoms with Crippen molar-refractivity contribution < 1.29 is 0 Å². The van der Waals surface area contributed by atoms with E-state index in [-0.39, 0.29) is 11.6 Å². The monoisotopic (exact) mass is 398 g/mol. The van der Waals surface area contributed by atoms with Crippen molar-refractivity contribution in [2.24, 2.45) is 11.3 Å². The lowest BCUT2D eigenvalue weighted by atomic mass is 9.66. The van der Waals surface area contributed by atoms with Crippen LogP contribution in [-0.4, -0.2) is 16.1 Å². The van der Waals surface area contributed by atoms with E-state index in [1.807, 2.05) is 6.20 Å². The zero-order valence-electron chi connectivity index (χ0n) is 18.3. The average molecular weight is 399 g/mol. The van der Waals surface area contributed by atoms with Gasteiger partial charge >= 0.3 is 0 Å². The first-order chi connectivity index (χ1) is 14.6. The Hall–Kier alpha value is -2.88. The summed E-state index contributed by atoms with van der Waals surface area (Å²) in [5.41, 5.74) is 5.08. The fraction of sp³-hybridized carbons (Fsp3) is 0.385. The molecule has 4 nitrogen and oxygen atoms in total. The molecule has 0 radical (unpaired) electrons. The summed E-state index contributed by atoms with van der Waals surface area (Å²) in [6.07, 6.45) is 6.03. The van der Waals surface area contributed by atoms with Gasteiger partial charge in [-0.15, -0.1) is 0 Å². The number of anilines is 4. The molecule has 154 valence electrons. The Labute approximate surface area is 179 Å². The van der Waals surface area contributed by atoms with Gasteiger partial charge in [-0.2, -0.15) is 0 Å². The van der Waals surface area contributed by atoms with E-state index >= 15 is 0 Å². The molecule has 0 aliphatic carbocycles. The summed E-state index contributed by atoms with van der Waals surface area (Å²) in [7, 11) is 0. The van der Waals surface area contributed by atoms with Crippen LogP contribution in [0.4, 0.5) is 22.9 Å². The van der Waals surface area contributed by atoms with Gasteiger partial charge in [0.25, 0.3) is 0 Å². The van der Waals surface area contributed by atoms with Crippen molar-refractivity contribution in [3.05, 3.63) is 72.7 Å². The predicted molar refractivity (Wildman–Crippen MR) is 124 cm³/mol. The fourth-order valence-electron chi connectivity index (χ4n) is 5.80. The molecule has 0 bridgehead atoms. The lowest BCUT2D eigenvalue weighted by Gasteiger charge is -2.47. The number of rotatable bonds is 3.